The first-order valence-electron chi connectivity index (χ1n) is 37.8. The maximum atomic E-state index is 6.58. The van der Waals surface area contributed by atoms with Crippen LogP contribution >= 0.6 is 0 Å². The number of hydrogen-bond donors (Lipinski definition) is 0. The lowest BCUT2D eigenvalue weighted by Gasteiger charge is -2.28. The molecular weight excluding hydrogens is 1340 g/mol. The largest absolute Gasteiger partial charge is 0.456 e. The fourth-order valence-electron chi connectivity index (χ4n) is 17.5. The Labute approximate surface area is 641 Å². The fraction of sp³-hybridized carbons (Fsp3) is 0.0577. The normalized spacial score (nSPS) is 14.3. The molecule has 0 unspecified atom stereocenters. The van der Waals surface area contributed by atoms with Crippen LogP contribution in [0.25, 0.3) is 68.9 Å². The number of para-hydroxylation sites is 8. The van der Waals surface area contributed by atoms with Crippen molar-refractivity contribution in [1.82, 2.24) is 0 Å². The van der Waals surface area contributed by atoms with E-state index in [1.807, 2.05) is 72.8 Å². The van der Waals surface area contributed by atoms with E-state index in [1.54, 1.807) is 0 Å². The Balaban J connectivity index is 0.653. The van der Waals surface area contributed by atoms with Gasteiger partial charge >= 0.3 is 0 Å². The first-order valence-corrected chi connectivity index (χ1v) is 37.8. The molecule has 2 aliphatic carbocycles. The Bertz CT molecular complexity index is 5750. The minimum Gasteiger partial charge on any atom is -0.456 e. The highest BCUT2D eigenvalue weighted by Crippen LogP contribution is 2.59. The number of ether oxygens (including phenoxy) is 4. The first kappa shape index (κ1) is 64.4. The van der Waals surface area contributed by atoms with Crippen LogP contribution < -0.4 is 28.7 Å². The van der Waals surface area contributed by atoms with Crippen LogP contribution in [0.2, 0.25) is 0 Å². The van der Waals surface area contributed by atoms with Crippen LogP contribution in [-0.2, 0) is 10.8 Å². The van der Waals surface area contributed by atoms with E-state index in [0.717, 1.165) is 169 Å². The van der Waals surface area contributed by atoms with Gasteiger partial charge in [0.1, 0.15) is 46.0 Å². The lowest BCUT2D eigenvalue weighted by molar-refractivity contribution is 0.481. The second-order valence-electron chi connectivity index (χ2n) is 30.3. The molecule has 0 saturated heterocycles. The van der Waals surface area contributed by atoms with Crippen molar-refractivity contribution in [3.05, 3.63) is 429 Å². The summed E-state index contributed by atoms with van der Waals surface area (Å²) in [7, 11) is 0. The fourth-order valence-corrected chi connectivity index (χ4v) is 17.5. The quantitative estimate of drug-likeness (QED) is 0.136. The van der Waals surface area contributed by atoms with Crippen LogP contribution in [0.1, 0.15) is 117 Å². The van der Waals surface area contributed by atoms with Crippen LogP contribution in [0, 0.1) is 0 Å². The van der Waals surface area contributed by atoms with E-state index < -0.39 is 0 Å². The number of benzene rings is 15. The molecule has 15 aromatic carbocycles. The molecule has 6 nitrogen and oxygen atoms in total. The molecule has 21 rings (SSSR count). The molecule has 15 aromatic rings. The van der Waals surface area contributed by atoms with E-state index >= 15 is 0 Å². The van der Waals surface area contributed by atoms with Crippen LogP contribution in [-0.4, -0.2) is 0 Å². The van der Waals surface area contributed by atoms with Crippen LogP contribution in [0.3, 0.4) is 0 Å². The van der Waals surface area contributed by atoms with Crippen molar-refractivity contribution in [1.29, 1.82) is 0 Å². The number of rotatable bonds is 10. The summed E-state index contributed by atoms with van der Waals surface area (Å²) in [5, 5.41) is 0. The molecule has 0 spiro atoms. The first-order chi connectivity index (χ1) is 54.0. The lowest BCUT2D eigenvalue weighted by Crippen LogP contribution is -2.18. The van der Waals surface area contributed by atoms with E-state index in [9.17, 15) is 0 Å². The van der Waals surface area contributed by atoms with Crippen LogP contribution in [0.4, 0.5) is 34.1 Å². The van der Waals surface area contributed by atoms with Crippen molar-refractivity contribution < 1.29 is 18.9 Å². The van der Waals surface area contributed by atoms with Crippen LogP contribution in [0.5, 0.6) is 46.0 Å². The molecule has 0 atom stereocenters. The van der Waals surface area contributed by atoms with Crippen LogP contribution in [0.15, 0.2) is 340 Å². The highest BCUT2D eigenvalue weighted by atomic mass is 16.5. The SMILES string of the molecule is CC1(C)c2cc(N(c3ccc(C4=Cc5ccccc5Oc5ccccc54)cc3)c3ccc(C4=Cc5ccccc5Oc5ccccc54)cc3)ccc2-c2cc3c(cc21)-c1ccc(N(c2ccc(C4=Cc5ccccc5Oc5ccccc54)cc2)c2ccc(C4=Cc5ccccc5Oc5ccccc54)cc2)cc1C3(C)C. The van der Waals surface area contributed by atoms with Gasteiger partial charge in [-0.15, -0.1) is 0 Å². The van der Waals surface area contributed by atoms with E-state index in [2.05, 4.69) is 329 Å². The van der Waals surface area contributed by atoms with E-state index in [-0.39, 0.29) is 10.8 Å². The van der Waals surface area contributed by atoms with Gasteiger partial charge in [0.2, 0.25) is 0 Å². The van der Waals surface area contributed by atoms with Gasteiger partial charge in [-0.05, 0) is 247 Å². The Hall–Kier alpha value is -13.9. The third-order valence-corrected chi connectivity index (χ3v) is 23.2. The Morgan fingerprint density at radius 2 is 0.409 bits per heavy atom. The molecule has 4 aliphatic heterocycles. The highest BCUT2D eigenvalue weighted by Gasteiger charge is 2.43. The third kappa shape index (κ3) is 10.7. The van der Waals surface area contributed by atoms with Gasteiger partial charge in [-0.25, -0.2) is 0 Å². The van der Waals surface area contributed by atoms with Gasteiger partial charge in [0.05, 0.1) is 0 Å². The summed E-state index contributed by atoms with van der Waals surface area (Å²) in [5.41, 5.74) is 33.1. The van der Waals surface area contributed by atoms with Crippen molar-refractivity contribution in [2.45, 2.75) is 38.5 Å². The van der Waals surface area contributed by atoms with E-state index in [0.29, 0.717) is 0 Å². The summed E-state index contributed by atoms with van der Waals surface area (Å²) in [6.07, 6.45) is 9.04. The molecule has 110 heavy (non-hydrogen) atoms. The predicted octanol–water partition coefficient (Wildman–Crippen LogP) is 28.0. The maximum absolute atomic E-state index is 6.58. The van der Waals surface area contributed by atoms with Crippen molar-refractivity contribution in [3.63, 3.8) is 0 Å². The van der Waals surface area contributed by atoms with E-state index in [4.69, 9.17) is 18.9 Å². The second kappa shape index (κ2) is 25.4. The molecule has 0 amide bonds. The van der Waals surface area contributed by atoms with Gasteiger partial charge in [0, 0.05) is 89.5 Å². The molecule has 6 aliphatic rings. The standard InChI is InChI=1S/C104H72N2O4/c1-103(2)91-61-77(105(73-45-37-65(38-46-73)85-57-69-21-5-13-29-95(69)107-99-33-17-9-25-81(85)99)74-47-39-66(40-48-74)86-58-70-22-6-14-30-96(70)108-100-34-18-10-26-82(86)100)53-55-79(91)89-64-94-90(63-93(89)103)80-56-54-78(62-92(80)104(94,3)4)106(75-49-41-67(42-50-75)87-59-71-23-7-15-31-97(71)109-101-35-19-11-27-83(87)101)76-51-43-68(44-52-76)88-60-72-24-8-16-32-98(72)110-102-36-20-12-28-84(88)102/h5-64H,1-4H3. The molecule has 0 bridgehead atoms. The predicted molar refractivity (Wildman–Crippen MR) is 451 cm³/mol. The Morgan fingerprint density at radius 1 is 0.191 bits per heavy atom. The lowest BCUT2D eigenvalue weighted by atomic mass is 9.79. The zero-order valence-corrected chi connectivity index (χ0v) is 61.2. The molecule has 4 heterocycles. The molecule has 0 radical (unpaired) electrons. The van der Waals surface area contributed by atoms with Gasteiger partial charge in [0.25, 0.3) is 0 Å². The molecule has 0 N–H and O–H groups in total. The van der Waals surface area contributed by atoms with Gasteiger partial charge in [-0.1, -0.05) is 234 Å². The number of nitrogens with zero attached hydrogens (tertiary/aromatic N) is 2. The summed E-state index contributed by atoms with van der Waals surface area (Å²) in [5.74, 6) is 6.70. The molecule has 522 valence electrons. The molecule has 6 heteroatoms. The number of hydrogen-bond acceptors (Lipinski definition) is 6. The van der Waals surface area contributed by atoms with Crippen molar-refractivity contribution in [3.8, 4) is 68.2 Å². The van der Waals surface area contributed by atoms with E-state index in [1.165, 1.54) is 44.5 Å². The highest BCUT2D eigenvalue weighted by molar-refractivity contribution is 6.01. The number of fused-ring (bicyclic) bond motifs is 14. The minimum absolute atomic E-state index is 0.358. The summed E-state index contributed by atoms with van der Waals surface area (Å²) in [6, 6.07) is 122. The maximum Gasteiger partial charge on any atom is 0.135 e. The van der Waals surface area contributed by atoms with Crippen molar-refractivity contribution in [2.75, 3.05) is 9.80 Å². The average Bonchev–Trinajstić information content (AvgIpc) is 1.54. The molecule has 0 aromatic heterocycles. The molecular formula is C104H72N2O4. The smallest absolute Gasteiger partial charge is 0.135 e. The van der Waals surface area contributed by atoms with Gasteiger partial charge in [0.15, 0.2) is 0 Å². The zero-order valence-electron chi connectivity index (χ0n) is 61.2. The van der Waals surface area contributed by atoms with Crippen molar-refractivity contribution >= 4 is 80.7 Å². The average molecular weight is 1410 g/mol. The Morgan fingerprint density at radius 3 is 0.673 bits per heavy atom. The summed E-state index contributed by atoms with van der Waals surface area (Å²) >= 11 is 0. The van der Waals surface area contributed by atoms with Gasteiger partial charge < -0.3 is 28.7 Å². The van der Waals surface area contributed by atoms with Crippen molar-refractivity contribution in [2.24, 2.45) is 0 Å². The monoisotopic (exact) mass is 1410 g/mol. The molecule has 0 saturated carbocycles. The van der Waals surface area contributed by atoms with Gasteiger partial charge in [-0.2, -0.15) is 0 Å². The molecule has 0 fully saturated rings. The summed E-state index contributed by atoms with van der Waals surface area (Å²) in [6.45, 7) is 9.65. The van der Waals surface area contributed by atoms with Gasteiger partial charge in [-0.3, -0.25) is 0 Å². The third-order valence-electron chi connectivity index (χ3n) is 23.2. The zero-order chi connectivity index (χ0) is 73.3. The summed E-state index contributed by atoms with van der Waals surface area (Å²) < 4.78 is 26.3. The minimum atomic E-state index is -0.358. The Kier molecular flexibility index (Phi) is 14.9. The summed E-state index contributed by atoms with van der Waals surface area (Å²) in [4.78, 5) is 4.84. The second-order valence-corrected chi connectivity index (χ2v) is 30.3. The topological polar surface area (TPSA) is 43.4 Å². The number of anilines is 6.